The molecule has 1 unspecified atom stereocenters. The molecule has 0 spiro atoms. The van der Waals surface area contributed by atoms with Crippen molar-refractivity contribution in [1.29, 1.82) is 0 Å². The first-order valence-corrected chi connectivity index (χ1v) is 5.80. The average molecular weight is 235 g/mol. The van der Waals surface area contributed by atoms with Crippen molar-refractivity contribution in [2.45, 2.75) is 19.8 Å². The quantitative estimate of drug-likeness (QED) is 0.350. The van der Waals surface area contributed by atoms with Crippen LogP contribution in [-0.4, -0.2) is 34.1 Å². The lowest BCUT2D eigenvalue weighted by Crippen LogP contribution is -2.26. The number of amidine groups is 1. The molecule has 3 N–H and O–H groups in total. The van der Waals surface area contributed by atoms with Gasteiger partial charge in [-0.05, 0) is 12.3 Å². The number of nitrogens with zero attached hydrogens (tertiary/aromatic N) is 4. The first-order valence-electron chi connectivity index (χ1n) is 5.80. The van der Waals surface area contributed by atoms with E-state index >= 15 is 0 Å². The van der Waals surface area contributed by atoms with Crippen LogP contribution in [0.2, 0.25) is 0 Å². The van der Waals surface area contributed by atoms with E-state index < -0.39 is 0 Å². The van der Waals surface area contributed by atoms with Gasteiger partial charge in [0, 0.05) is 25.5 Å². The molecular formula is C11H17N5O. The molecule has 1 aromatic heterocycles. The molecule has 0 aromatic carbocycles. The van der Waals surface area contributed by atoms with Gasteiger partial charge in [-0.2, -0.15) is 0 Å². The van der Waals surface area contributed by atoms with E-state index in [1.165, 1.54) is 0 Å². The van der Waals surface area contributed by atoms with Gasteiger partial charge < -0.3 is 15.8 Å². The van der Waals surface area contributed by atoms with Crippen LogP contribution in [0.25, 0.3) is 0 Å². The second-order valence-electron chi connectivity index (χ2n) is 4.22. The van der Waals surface area contributed by atoms with Gasteiger partial charge in [-0.15, -0.1) is 0 Å². The van der Waals surface area contributed by atoms with Crippen LogP contribution < -0.4 is 10.6 Å². The molecular weight excluding hydrogens is 218 g/mol. The van der Waals surface area contributed by atoms with Gasteiger partial charge in [-0.25, -0.2) is 9.97 Å². The summed E-state index contributed by atoms with van der Waals surface area (Å²) in [6.45, 7) is 4.10. The molecule has 1 aromatic rings. The fourth-order valence-electron chi connectivity index (χ4n) is 2.15. The summed E-state index contributed by atoms with van der Waals surface area (Å²) in [6, 6.07) is 0. The van der Waals surface area contributed by atoms with E-state index in [0.29, 0.717) is 17.4 Å². The van der Waals surface area contributed by atoms with Crippen LogP contribution >= 0.6 is 0 Å². The van der Waals surface area contributed by atoms with Gasteiger partial charge in [0.25, 0.3) is 0 Å². The highest BCUT2D eigenvalue weighted by molar-refractivity contribution is 5.99. The lowest BCUT2D eigenvalue weighted by Gasteiger charge is -2.19. The van der Waals surface area contributed by atoms with Gasteiger partial charge in [-0.3, -0.25) is 0 Å². The van der Waals surface area contributed by atoms with E-state index in [4.69, 9.17) is 10.9 Å². The summed E-state index contributed by atoms with van der Waals surface area (Å²) >= 11 is 0. The zero-order valence-electron chi connectivity index (χ0n) is 9.87. The van der Waals surface area contributed by atoms with Crippen LogP contribution in [0.1, 0.15) is 25.5 Å². The van der Waals surface area contributed by atoms with E-state index in [1.54, 1.807) is 12.4 Å². The number of hydrogen-bond donors (Lipinski definition) is 2. The number of aromatic nitrogens is 2. The molecule has 2 rings (SSSR count). The van der Waals surface area contributed by atoms with Crippen LogP contribution in [-0.2, 0) is 0 Å². The number of hydrogen-bond acceptors (Lipinski definition) is 5. The SMILES string of the molecule is CCC1CCN(c2nccnc2C(N)=NO)C1. The molecule has 92 valence electrons. The monoisotopic (exact) mass is 235 g/mol. The summed E-state index contributed by atoms with van der Waals surface area (Å²) in [5, 5.41) is 11.7. The van der Waals surface area contributed by atoms with Crippen molar-refractivity contribution in [1.82, 2.24) is 9.97 Å². The predicted octanol–water partition coefficient (Wildman–Crippen LogP) is 0.807. The summed E-state index contributed by atoms with van der Waals surface area (Å²) in [5.41, 5.74) is 6.05. The molecule has 0 bridgehead atoms. The molecule has 1 atom stereocenters. The highest BCUT2D eigenvalue weighted by Gasteiger charge is 2.25. The Kier molecular flexibility index (Phi) is 3.41. The van der Waals surface area contributed by atoms with E-state index in [0.717, 1.165) is 25.9 Å². The highest BCUT2D eigenvalue weighted by atomic mass is 16.4. The van der Waals surface area contributed by atoms with E-state index in [-0.39, 0.29) is 5.84 Å². The zero-order valence-corrected chi connectivity index (χ0v) is 9.87. The van der Waals surface area contributed by atoms with Crippen molar-refractivity contribution in [3.8, 4) is 0 Å². The van der Waals surface area contributed by atoms with Crippen LogP contribution in [0, 0.1) is 5.92 Å². The minimum Gasteiger partial charge on any atom is -0.409 e. The fraction of sp³-hybridized carbons (Fsp3) is 0.545. The minimum absolute atomic E-state index is 0.00745. The van der Waals surface area contributed by atoms with Crippen molar-refractivity contribution in [2.24, 2.45) is 16.8 Å². The second kappa shape index (κ2) is 4.99. The Hall–Kier alpha value is -1.85. The highest BCUT2D eigenvalue weighted by Crippen LogP contribution is 2.25. The first kappa shape index (κ1) is 11.6. The fourth-order valence-corrected chi connectivity index (χ4v) is 2.15. The molecule has 6 heteroatoms. The standard InChI is InChI=1S/C11H17N5O/c1-2-8-3-6-16(7-8)11-9(10(12)15-17)13-4-5-14-11/h4-5,8,17H,2-3,6-7H2,1H3,(H2,12,15). The molecule has 2 heterocycles. The molecule has 1 aliphatic rings. The number of oxime groups is 1. The van der Waals surface area contributed by atoms with Gasteiger partial charge in [0.1, 0.15) is 0 Å². The van der Waals surface area contributed by atoms with Gasteiger partial charge in [-0.1, -0.05) is 18.5 Å². The zero-order chi connectivity index (χ0) is 12.3. The summed E-state index contributed by atoms with van der Waals surface area (Å²) in [6.07, 6.45) is 5.49. The van der Waals surface area contributed by atoms with Crippen LogP contribution in [0.3, 0.4) is 0 Å². The smallest absolute Gasteiger partial charge is 0.192 e. The Labute approximate surface area is 100 Å². The maximum absolute atomic E-state index is 8.73. The first-order chi connectivity index (χ1) is 8.26. The maximum Gasteiger partial charge on any atom is 0.192 e. The minimum atomic E-state index is 0.00745. The van der Waals surface area contributed by atoms with Crippen LogP contribution in [0.15, 0.2) is 17.5 Å². The summed E-state index contributed by atoms with van der Waals surface area (Å²) in [5.74, 6) is 1.41. The number of nitrogens with two attached hydrogens (primary N) is 1. The van der Waals surface area contributed by atoms with Gasteiger partial charge >= 0.3 is 0 Å². The summed E-state index contributed by atoms with van der Waals surface area (Å²) in [4.78, 5) is 10.6. The maximum atomic E-state index is 8.73. The Morgan fingerprint density at radius 2 is 2.35 bits per heavy atom. The molecule has 0 saturated carbocycles. The van der Waals surface area contributed by atoms with E-state index in [9.17, 15) is 0 Å². The molecule has 0 radical (unpaired) electrons. The third-order valence-corrected chi connectivity index (χ3v) is 3.19. The Morgan fingerprint density at radius 3 is 3.00 bits per heavy atom. The molecule has 17 heavy (non-hydrogen) atoms. The third kappa shape index (κ3) is 2.30. The van der Waals surface area contributed by atoms with Crippen LogP contribution in [0.4, 0.5) is 5.82 Å². The Morgan fingerprint density at radius 1 is 1.59 bits per heavy atom. The molecule has 1 aliphatic heterocycles. The normalized spacial score (nSPS) is 20.9. The average Bonchev–Trinajstić information content (AvgIpc) is 2.86. The topological polar surface area (TPSA) is 87.6 Å². The van der Waals surface area contributed by atoms with Crippen molar-refractivity contribution in [3.05, 3.63) is 18.1 Å². The largest absolute Gasteiger partial charge is 0.409 e. The Bertz CT molecular complexity index is 420. The molecule has 0 aliphatic carbocycles. The summed E-state index contributed by atoms with van der Waals surface area (Å²) < 4.78 is 0. The van der Waals surface area contributed by atoms with Crippen LogP contribution in [0.5, 0.6) is 0 Å². The van der Waals surface area contributed by atoms with Crippen molar-refractivity contribution in [2.75, 3.05) is 18.0 Å². The number of rotatable bonds is 3. The van der Waals surface area contributed by atoms with Crippen molar-refractivity contribution in [3.63, 3.8) is 0 Å². The lowest BCUT2D eigenvalue weighted by molar-refractivity contribution is 0.318. The van der Waals surface area contributed by atoms with Crippen molar-refractivity contribution >= 4 is 11.7 Å². The van der Waals surface area contributed by atoms with Gasteiger partial charge in [0.2, 0.25) is 0 Å². The van der Waals surface area contributed by atoms with Gasteiger partial charge in [0.15, 0.2) is 17.3 Å². The van der Waals surface area contributed by atoms with E-state index in [2.05, 4.69) is 26.9 Å². The molecule has 6 nitrogen and oxygen atoms in total. The predicted molar refractivity (Wildman–Crippen MR) is 65.2 cm³/mol. The third-order valence-electron chi connectivity index (χ3n) is 3.19. The molecule has 1 saturated heterocycles. The summed E-state index contributed by atoms with van der Waals surface area (Å²) in [7, 11) is 0. The van der Waals surface area contributed by atoms with E-state index in [1.807, 2.05) is 0 Å². The molecule has 0 amide bonds. The van der Waals surface area contributed by atoms with Crippen molar-refractivity contribution < 1.29 is 5.21 Å². The Balaban J connectivity index is 2.27. The lowest BCUT2D eigenvalue weighted by atomic mass is 10.1. The van der Waals surface area contributed by atoms with Gasteiger partial charge in [0.05, 0.1) is 0 Å². The number of anilines is 1. The molecule has 1 fully saturated rings. The second-order valence-corrected chi connectivity index (χ2v) is 4.22.